The van der Waals surface area contributed by atoms with Crippen LogP contribution in [0.5, 0.6) is 0 Å². The summed E-state index contributed by atoms with van der Waals surface area (Å²) in [5.41, 5.74) is 6.17. The average Bonchev–Trinajstić information content (AvgIpc) is 2.84. The van der Waals surface area contributed by atoms with Crippen LogP contribution in [0.1, 0.15) is 32.6 Å². The highest BCUT2D eigenvalue weighted by Gasteiger charge is 2.31. The Hall–Kier alpha value is -1.07. The number of nitrogen functional groups attached to an aromatic ring is 1. The Bertz CT molecular complexity index is 490. The molecule has 1 aliphatic carbocycles. The van der Waals surface area contributed by atoms with Gasteiger partial charge in [0.25, 0.3) is 0 Å². The highest BCUT2D eigenvalue weighted by atomic mass is 32.2. The van der Waals surface area contributed by atoms with Crippen molar-refractivity contribution in [2.45, 2.75) is 43.5 Å². The fourth-order valence-electron chi connectivity index (χ4n) is 2.59. The van der Waals surface area contributed by atoms with Gasteiger partial charge in [-0.25, -0.2) is 8.42 Å². The van der Waals surface area contributed by atoms with Crippen molar-refractivity contribution in [2.75, 3.05) is 12.3 Å². The van der Waals surface area contributed by atoms with Gasteiger partial charge in [-0.1, -0.05) is 19.8 Å². The van der Waals surface area contributed by atoms with Gasteiger partial charge in [0.2, 0.25) is 10.0 Å². The van der Waals surface area contributed by atoms with Gasteiger partial charge in [-0.2, -0.15) is 4.31 Å². The molecule has 0 aromatic heterocycles. The lowest BCUT2D eigenvalue weighted by atomic mass is 10.2. The Morgan fingerprint density at radius 3 is 2.28 bits per heavy atom. The van der Waals surface area contributed by atoms with Gasteiger partial charge in [0.1, 0.15) is 0 Å². The number of rotatable bonds is 4. The maximum atomic E-state index is 12.5. The minimum absolute atomic E-state index is 0.164. The molecule has 0 spiro atoms. The summed E-state index contributed by atoms with van der Waals surface area (Å²) in [5.74, 6) is 0. The Kier molecular flexibility index (Phi) is 3.92. The summed E-state index contributed by atoms with van der Waals surface area (Å²) >= 11 is 0. The topological polar surface area (TPSA) is 63.4 Å². The van der Waals surface area contributed by atoms with Gasteiger partial charge in [-0.05, 0) is 37.1 Å². The quantitative estimate of drug-likeness (QED) is 0.852. The van der Waals surface area contributed by atoms with Crippen molar-refractivity contribution < 1.29 is 8.42 Å². The number of anilines is 1. The molecular formula is C13H20N2O2S. The lowest BCUT2D eigenvalue weighted by molar-refractivity contribution is 0.335. The number of sulfonamides is 1. The number of hydrogen-bond donors (Lipinski definition) is 1. The molecular weight excluding hydrogens is 248 g/mol. The van der Waals surface area contributed by atoms with E-state index in [0.717, 1.165) is 25.7 Å². The number of nitrogens with two attached hydrogens (primary N) is 1. The molecule has 2 N–H and O–H groups in total. The Balaban J connectivity index is 2.30. The second kappa shape index (κ2) is 5.28. The fourth-order valence-corrected chi connectivity index (χ4v) is 4.29. The van der Waals surface area contributed by atoms with Crippen LogP contribution in [-0.2, 0) is 10.0 Å². The Labute approximate surface area is 109 Å². The highest BCUT2D eigenvalue weighted by Crippen LogP contribution is 2.28. The molecule has 1 aliphatic rings. The SMILES string of the molecule is CCN(C1CCCC1)S(=O)(=O)c1ccc(N)cc1. The summed E-state index contributed by atoms with van der Waals surface area (Å²) in [5, 5.41) is 0. The van der Waals surface area contributed by atoms with E-state index in [2.05, 4.69) is 0 Å². The molecule has 100 valence electrons. The molecule has 0 bridgehead atoms. The van der Waals surface area contributed by atoms with Crippen LogP contribution in [0.4, 0.5) is 5.69 Å². The van der Waals surface area contributed by atoms with Crippen molar-refractivity contribution >= 4 is 15.7 Å². The smallest absolute Gasteiger partial charge is 0.243 e. The van der Waals surface area contributed by atoms with Gasteiger partial charge in [0.05, 0.1) is 4.90 Å². The fraction of sp³-hybridized carbons (Fsp3) is 0.538. The second-order valence-electron chi connectivity index (χ2n) is 4.72. The summed E-state index contributed by atoms with van der Waals surface area (Å²) in [7, 11) is -3.37. The van der Waals surface area contributed by atoms with Crippen LogP contribution in [0.25, 0.3) is 0 Å². The molecule has 1 aromatic carbocycles. The molecule has 2 rings (SSSR count). The molecule has 0 heterocycles. The molecule has 0 amide bonds. The van der Waals surface area contributed by atoms with Crippen molar-refractivity contribution in [3.8, 4) is 0 Å². The monoisotopic (exact) mass is 268 g/mol. The minimum atomic E-state index is -3.37. The third-order valence-electron chi connectivity index (χ3n) is 3.53. The second-order valence-corrected chi connectivity index (χ2v) is 6.61. The molecule has 1 aromatic rings. The van der Waals surface area contributed by atoms with E-state index in [-0.39, 0.29) is 6.04 Å². The first-order valence-corrected chi connectivity index (χ1v) is 7.87. The standard InChI is InChI=1S/C13H20N2O2S/c1-2-15(12-5-3-4-6-12)18(16,17)13-9-7-11(14)8-10-13/h7-10,12H,2-6,14H2,1H3. The van der Waals surface area contributed by atoms with Gasteiger partial charge in [0.15, 0.2) is 0 Å². The third kappa shape index (κ3) is 2.52. The van der Waals surface area contributed by atoms with Crippen LogP contribution >= 0.6 is 0 Å². The van der Waals surface area contributed by atoms with Crippen LogP contribution in [0.2, 0.25) is 0 Å². The molecule has 1 fully saturated rings. The van der Waals surface area contributed by atoms with E-state index in [0.29, 0.717) is 17.1 Å². The van der Waals surface area contributed by atoms with E-state index in [1.807, 2.05) is 6.92 Å². The van der Waals surface area contributed by atoms with Gasteiger partial charge in [0, 0.05) is 18.3 Å². The summed E-state index contributed by atoms with van der Waals surface area (Å²) in [6.45, 7) is 2.42. The Morgan fingerprint density at radius 2 is 1.78 bits per heavy atom. The normalized spacial score (nSPS) is 17.4. The van der Waals surface area contributed by atoms with E-state index in [4.69, 9.17) is 5.73 Å². The summed E-state index contributed by atoms with van der Waals surface area (Å²) in [6.07, 6.45) is 4.20. The van der Waals surface area contributed by atoms with Gasteiger partial charge < -0.3 is 5.73 Å². The third-order valence-corrected chi connectivity index (χ3v) is 5.57. The van der Waals surface area contributed by atoms with E-state index >= 15 is 0 Å². The summed E-state index contributed by atoms with van der Waals surface area (Å²) < 4.78 is 26.7. The molecule has 18 heavy (non-hydrogen) atoms. The van der Waals surface area contributed by atoms with Crippen molar-refractivity contribution in [1.29, 1.82) is 0 Å². The van der Waals surface area contributed by atoms with Crippen LogP contribution in [0.15, 0.2) is 29.2 Å². The minimum Gasteiger partial charge on any atom is -0.399 e. The highest BCUT2D eigenvalue weighted by molar-refractivity contribution is 7.89. The number of benzene rings is 1. The predicted molar refractivity (Wildman–Crippen MR) is 72.7 cm³/mol. The van der Waals surface area contributed by atoms with Gasteiger partial charge in [-0.3, -0.25) is 0 Å². The molecule has 0 atom stereocenters. The van der Waals surface area contributed by atoms with Gasteiger partial charge >= 0.3 is 0 Å². The van der Waals surface area contributed by atoms with Crippen LogP contribution < -0.4 is 5.73 Å². The first kappa shape index (κ1) is 13.4. The number of hydrogen-bond acceptors (Lipinski definition) is 3. The first-order chi connectivity index (χ1) is 8.55. The maximum absolute atomic E-state index is 12.5. The van der Waals surface area contributed by atoms with Crippen molar-refractivity contribution in [2.24, 2.45) is 0 Å². The van der Waals surface area contributed by atoms with E-state index in [1.54, 1.807) is 28.6 Å². The van der Waals surface area contributed by atoms with Crippen LogP contribution in [-0.4, -0.2) is 25.3 Å². The molecule has 0 aliphatic heterocycles. The summed E-state index contributed by atoms with van der Waals surface area (Å²) in [4.78, 5) is 0.338. The van der Waals surface area contributed by atoms with Crippen molar-refractivity contribution in [3.63, 3.8) is 0 Å². The molecule has 4 nitrogen and oxygen atoms in total. The molecule has 1 saturated carbocycles. The zero-order chi connectivity index (χ0) is 13.2. The van der Waals surface area contributed by atoms with Crippen molar-refractivity contribution in [1.82, 2.24) is 4.31 Å². The number of nitrogens with zero attached hydrogens (tertiary/aromatic N) is 1. The molecule has 0 radical (unpaired) electrons. The summed E-state index contributed by atoms with van der Waals surface area (Å²) in [6, 6.07) is 6.60. The van der Waals surface area contributed by atoms with E-state index < -0.39 is 10.0 Å². The molecule has 0 saturated heterocycles. The largest absolute Gasteiger partial charge is 0.399 e. The molecule has 5 heteroatoms. The van der Waals surface area contributed by atoms with Crippen LogP contribution in [0, 0.1) is 0 Å². The van der Waals surface area contributed by atoms with E-state index in [1.165, 1.54) is 0 Å². The van der Waals surface area contributed by atoms with E-state index in [9.17, 15) is 8.42 Å². The van der Waals surface area contributed by atoms with Crippen LogP contribution in [0.3, 0.4) is 0 Å². The zero-order valence-electron chi connectivity index (χ0n) is 10.7. The first-order valence-electron chi connectivity index (χ1n) is 6.43. The maximum Gasteiger partial charge on any atom is 0.243 e. The Morgan fingerprint density at radius 1 is 1.22 bits per heavy atom. The van der Waals surface area contributed by atoms with Crippen molar-refractivity contribution in [3.05, 3.63) is 24.3 Å². The lowest BCUT2D eigenvalue weighted by Crippen LogP contribution is -2.38. The lowest BCUT2D eigenvalue weighted by Gasteiger charge is -2.26. The molecule has 0 unspecified atom stereocenters. The van der Waals surface area contributed by atoms with Gasteiger partial charge in [-0.15, -0.1) is 0 Å². The zero-order valence-corrected chi connectivity index (χ0v) is 11.5. The predicted octanol–water partition coefficient (Wildman–Crippen LogP) is 2.22. The average molecular weight is 268 g/mol.